The van der Waals surface area contributed by atoms with Gasteiger partial charge in [-0.15, -0.1) is 0 Å². The van der Waals surface area contributed by atoms with Gasteiger partial charge in [-0.2, -0.15) is 0 Å². The fourth-order valence-corrected chi connectivity index (χ4v) is 5.02. The van der Waals surface area contributed by atoms with Crippen molar-refractivity contribution in [2.24, 2.45) is 11.3 Å². The molecule has 0 unspecified atom stereocenters. The highest BCUT2D eigenvalue weighted by atomic mass is 16.2. The van der Waals surface area contributed by atoms with Crippen molar-refractivity contribution >= 4 is 11.8 Å². The maximum Gasteiger partial charge on any atom is 0.230 e. The number of carbonyl (C=O) groups excluding carboxylic acids is 2. The summed E-state index contributed by atoms with van der Waals surface area (Å²) in [6.45, 7) is 2.67. The Kier molecular flexibility index (Phi) is 3.84. The van der Waals surface area contributed by atoms with Crippen LogP contribution in [0.4, 0.5) is 0 Å². The molecule has 1 aromatic rings. The molecule has 4 heteroatoms. The number of rotatable bonds is 3. The van der Waals surface area contributed by atoms with E-state index in [4.69, 9.17) is 0 Å². The molecule has 1 aromatic carbocycles. The largest absolute Gasteiger partial charge is 0.342 e. The number of likely N-dealkylation sites (tertiary alicyclic amines) is 2. The van der Waals surface area contributed by atoms with Crippen LogP contribution in [0, 0.1) is 11.3 Å². The normalized spacial score (nSPS) is 28.5. The summed E-state index contributed by atoms with van der Waals surface area (Å²) in [5.41, 5.74) is 1.36. The fourth-order valence-electron chi connectivity index (χ4n) is 5.02. The fraction of sp³-hybridized carbons (Fsp3) is 0.636. The Morgan fingerprint density at radius 1 is 1.00 bits per heavy atom. The summed E-state index contributed by atoms with van der Waals surface area (Å²) in [6, 6.07) is 10.8. The van der Waals surface area contributed by atoms with Gasteiger partial charge in [0.2, 0.25) is 11.8 Å². The van der Waals surface area contributed by atoms with Crippen LogP contribution in [-0.2, 0) is 9.59 Å². The summed E-state index contributed by atoms with van der Waals surface area (Å²) < 4.78 is 0. The maximum absolute atomic E-state index is 13.2. The molecule has 5 rings (SSSR count). The lowest BCUT2D eigenvalue weighted by Gasteiger charge is -2.50. The van der Waals surface area contributed by atoms with Gasteiger partial charge in [0.15, 0.2) is 0 Å². The number of benzene rings is 1. The highest BCUT2D eigenvalue weighted by Crippen LogP contribution is 2.48. The van der Waals surface area contributed by atoms with Crippen molar-refractivity contribution in [1.29, 1.82) is 0 Å². The van der Waals surface area contributed by atoms with Crippen molar-refractivity contribution in [3.05, 3.63) is 35.9 Å². The summed E-state index contributed by atoms with van der Waals surface area (Å²) in [7, 11) is 0. The van der Waals surface area contributed by atoms with Crippen LogP contribution < -0.4 is 0 Å². The number of piperidine rings is 2. The molecular formula is C22H28N2O2. The first-order valence-corrected chi connectivity index (χ1v) is 10.3. The molecule has 4 nitrogen and oxygen atoms in total. The molecule has 1 atom stereocenters. The van der Waals surface area contributed by atoms with E-state index in [0.717, 1.165) is 64.6 Å². The third-order valence-corrected chi connectivity index (χ3v) is 6.98. The van der Waals surface area contributed by atoms with Crippen molar-refractivity contribution in [1.82, 2.24) is 9.80 Å². The SMILES string of the molecule is O=C(C1CC1)N1CCC2(CC1)C[C@@H](c1ccccc1)C(=O)N(C1CC1)C2. The van der Waals surface area contributed by atoms with Crippen molar-refractivity contribution in [3.8, 4) is 0 Å². The lowest BCUT2D eigenvalue weighted by molar-refractivity contribution is -0.145. The summed E-state index contributed by atoms with van der Waals surface area (Å²) in [6.07, 6.45) is 7.54. The zero-order valence-electron chi connectivity index (χ0n) is 15.4. The number of hydrogen-bond donors (Lipinski definition) is 0. The zero-order valence-corrected chi connectivity index (χ0v) is 15.4. The van der Waals surface area contributed by atoms with Crippen LogP contribution in [0.1, 0.15) is 56.4 Å². The number of amides is 2. The summed E-state index contributed by atoms with van der Waals surface area (Å²) in [5.74, 6) is 1.03. The Morgan fingerprint density at radius 3 is 2.31 bits per heavy atom. The third kappa shape index (κ3) is 2.93. The second-order valence-corrected chi connectivity index (χ2v) is 8.96. The Morgan fingerprint density at radius 2 is 1.69 bits per heavy atom. The molecule has 138 valence electrons. The first-order chi connectivity index (χ1) is 12.7. The van der Waals surface area contributed by atoms with Crippen molar-refractivity contribution in [3.63, 3.8) is 0 Å². The Hall–Kier alpha value is -1.84. The van der Waals surface area contributed by atoms with E-state index >= 15 is 0 Å². The van der Waals surface area contributed by atoms with E-state index in [1.165, 1.54) is 5.56 Å². The molecule has 0 radical (unpaired) electrons. The van der Waals surface area contributed by atoms with Crippen LogP contribution in [0.2, 0.25) is 0 Å². The number of hydrogen-bond acceptors (Lipinski definition) is 2. The molecule has 2 saturated carbocycles. The molecule has 1 spiro atoms. The molecule has 2 heterocycles. The Labute approximate surface area is 155 Å². The van der Waals surface area contributed by atoms with Gasteiger partial charge >= 0.3 is 0 Å². The molecule has 2 saturated heterocycles. The zero-order chi connectivity index (χ0) is 17.7. The molecule has 26 heavy (non-hydrogen) atoms. The summed E-state index contributed by atoms with van der Waals surface area (Å²) in [4.78, 5) is 29.9. The van der Waals surface area contributed by atoms with Crippen molar-refractivity contribution < 1.29 is 9.59 Å². The van der Waals surface area contributed by atoms with Crippen LogP contribution in [-0.4, -0.2) is 47.3 Å². The van der Waals surface area contributed by atoms with Crippen LogP contribution >= 0.6 is 0 Å². The Bertz CT molecular complexity index is 700. The minimum absolute atomic E-state index is 0.00349. The number of carbonyl (C=O) groups is 2. The molecular weight excluding hydrogens is 324 g/mol. The van der Waals surface area contributed by atoms with E-state index in [-0.39, 0.29) is 11.3 Å². The van der Waals surface area contributed by atoms with Crippen molar-refractivity contribution in [2.45, 2.75) is 56.9 Å². The van der Waals surface area contributed by atoms with Crippen molar-refractivity contribution in [2.75, 3.05) is 19.6 Å². The second-order valence-electron chi connectivity index (χ2n) is 8.96. The van der Waals surface area contributed by atoms with E-state index < -0.39 is 0 Å². The molecule has 2 amide bonds. The van der Waals surface area contributed by atoms with Gasteiger partial charge in [0, 0.05) is 31.6 Å². The van der Waals surface area contributed by atoms with Gasteiger partial charge in [0.1, 0.15) is 0 Å². The van der Waals surface area contributed by atoms with Crippen LogP contribution in [0.5, 0.6) is 0 Å². The molecule has 0 aromatic heterocycles. The summed E-state index contributed by atoms with van der Waals surface area (Å²) in [5, 5.41) is 0. The number of nitrogens with zero attached hydrogens (tertiary/aromatic N) is 2. The van der Waals surface area contributed by atoms with Gasteiger partial charge in [0.05, 0.1) is 5.92 Å². The van der Waals surface area contributed by atoms with E-state index in [2.05, 4.69) is 21.9 Å². The quantitative estimate of drug-likeness (QED) is 0.838. The first-order valence-electron chi connectivity index (χ1n) is 10.3. The van der Waals surface area contributed by atoms with E-state index in [1.807, 2.05) is 18.2 Å². The van der Waals surface area contributed by atoms with Gasteiger partial charge in [-0.1, -0.05) is 30.3 Å². The Balaban J connectivity index is 1.36. The van der Waals surface area contributed by atoms with E-state index in [9.17, 15) is 9.59 Å². The van der Waals surface area contributed by atoms with Crippen LogP contribution in [0.3, 0.4) is 0 Å². The monoisotopic (exact) mass is 352 g/mol. The average molecular weight is 352 g/mol. The first kappa shape index (κ1) is 16.3. The topological polar surface area (TPSA) is 40.6 Å². The standard InChI is InChI=1S/C22H28N2O2/c25-20(17-6-7-17)23-12-10-22(11-13-23)14-19(16-4-2-1-3-5-16)21(26)24(15-22)18-8-9-18/h1-5,17-19H,6-15H2/t19-/m0/s1. The van der Waals surface area contributed by atoms with E-state index in [0.29, 0.717) is 23.8 Å². The van der Waals surface area contributed by atoms with Gasteiger partial charge < -0.3 is 9.80 Å². The van der Waals surface area contributed by atoms with Gasteiger partial charge in [-0.25, -0.2) is 0 Å². The summed E-state index contributed by atoms with van der Waals surface area (Å²) >= 11 is 0. The van der Waals surface area contributed by atoms with Gasteiger partial charge in [-0.3, -0.25) is 9.59 Å². The molecule has 2 aliphatic carbocycles. The van der Waals surface area contributed by atoms with Gasteiger partial charge in [0.25, 0.3) is 0 Å². The minimum atomic E-state index is -0.00349. The van der Waals surface area contributed by atoms with E-state index in [1.54, 1.807) is 0 Å². The minimum Gasteiger partial charge on any atom is -0.342 e. The highest BCUT2D eigenvalue weighted by molar-refractivity contribution is 5.85. The molecule has 4 aliphatic rings. The lowest BCUT2D eigenvalue weighted by atomic mass is 9.67. The predicted octanol–water partition coefficient (Wildman–Crippen LogP) is 3.18. The highest BCUT2D eigenvalue weighted by Gasteiger charge is 2.50. The van der Waals surface area contributed by atoms with Crippen LogP contribution in [0.25, 0.3) is 0 Å². The second kappa shape index (κ2) is 6.11. The maximum atomic E-state index is 13.2. The smallest absolute Gasteiger partial charge is 0.230 e. The molecule has 0 N–H and O–H groups in total. The lowest BCUT2D eigenvalue weighted by Crippen LogP contribution is -2.55. The molecule has 4 fully saturated rings. The predicted molar refractivity (Wildman–Crippen MR) is 99.5 cm³/mol. The van der Waals surface area contributed by atoms with Gasteiger partial charge in [-0.05, 0) is 55.9 Å². The average Bonchev–Trinajstić information content (AvgIpc) is 3.57. The molecule has 2 aliphatic heterocycles. The third-order valence-electron chi connectivity index (χ3n) is 6.98. The molecule has 0 bridgehead atoms. The van der Waals surface area contributed by atoms with Crippen LogP contribution in [0.15, 0.2) is 30.3 Å².